The van der Waals surface area contributed by atoms with Gasteiger partial charge in [-0.2, -0.15) is 0 Å². The summed E-state index contributed by atoms with van der Waals surface area (Å²) < 4.78 is 10.8. The van der Waals surface area contributed by atoms with Crippen molar-refractivity contribution in [1.82, 2.24) is 26.6 Å². The summed E-state index contributed by atoms with van der Waals surface area (Å²) in [6.07, 6.45) is 1.80. The molecule has 0 bridgehead atoms. The number of carbonyl (C=O) groups excluding carboxylic acids is 6. The molecule has 15 nitrogen and oxygen atoms in total. The zero-order valence-corrected chi connectivity index (χ0v) is 26.5. The number of benzene rings is 2. The van der Waals surface area contributed by atoms with Crippen LogP contribution < -0.4 is 26.6 Å². The maximum absolute atomic E-state index is 12.8. The molecule has 0 spiro atoms. The van der Waals surface area contributed by atoms with Crippen LogP contribution in [0, 0.1) is 0 Å². The van der Waals surface area contributed by atoms with E-state index in [1.165, 1.54) is 24.3 Å². The molecular weight excluding hydrogens is 626 g/mol. The molecule has 0 unspecified atom stereocenters. The highest BCUT2D eigenvalue weighted by molar-refractivity contribution is 6.22. The number of unbranched alkanes of at least 4 members (excludes halogenated alkanes) is 1. The molecule has 1 aliphatic heterocycles. The Kier molecular flexibility index (Phi) is 15.2. The van der Waals surface area contributed by atoms with Crippen LogP contribution in [0.1, 0.15) is 64.8 Å². The fourth-order valence-corrected chi connectivity index (χ4v) is 4.93. The van der Waals surface area contributed by atoms with Crippen molar-refractivity contribution in [3.8, 4) is 0 Å². The van der Waals surface area contributed by atoms with Gasteiger partial charge in [-0.1, -0.05) is 30.3 Å². The molecule has 6 N–H and O–H groups in total. The third-order valence-corrected chi connectivity index (χ3v) is 7.47. The van der Waals surface area contributed by atoms with Gasteiger partial charge in [0.25, 0.3) is 5.91 Å². The molecule has 1 aliphatic rings. The van der Waals surface area contributed by atoms with Crippen molar-refractivity contribution in [3.05, 3.63) is 71.3 Å². The number of urea groups is 1. The molecule has 0 aliphatic carbocycles. The number of aromatic carboxylic acids is 1. The number of ether oxygens (including phenoxy) is 2. The molecule has 0 aromatic heterocycles. The second-order valence-corrected chi connectivity index (χ2v) is 10.9. The van der Waals surface area contributed by atoms with Crippen LogP contribution >= 0.6 is 0 Å². The van der Waals surface area contributed by atoms with Gasteiger partial charge >= 0.3 is 12.0 Å². The molecule has 0 radical (unpaired) electrons. The Labute approximate surface area is 277 Å². The molecule has 7 amide bonds. The smallest absolute Gasteiger partial charge is 0.335 e. The van der Waals surface area contributed by atoms with Crippen molar-refractivity contribution >= 4 is 41.5 Å². The van der Waals surface area contributed by atoms with Gasteiger partial charge in [0.1, 0.15) is 0 Å². The number of barbiturate groups is 1. The Hall–Kier alpha value is -5.15. The van der Waals surface area contributed by atoms with Crippen LogP contribution in [-0.2, 0) is 34.1 Å². The molecule has 3 rings (SSSR count). The summed E-state index contributed by atoms with van der Waals surface area (Å²) in [6, 6.07) is 13.3. The van der Waals surface area contributed by atoms with Gasteiger partial charge in [0.2, 0.25) is 23.6 Å². The van der Waals surface area contributed by atoms with Gasteiger partial charge in [-0.15, -0.1) is 0 Å². The van der Waals surface area contributed by atoms with Crippen LogP contribution in [0.2, 0.25) is 0 Å². The highest BCUT2D eigenvalue weighted by Crippen LogP contribution is 2.32. The molecule has 2 aromatic carbocycles. The first-order chi connectivity index (χ1) is 23.1. The van der Waals surface area contributed by atoms with Gasteiger partial charge in [0.05, 0.1) is 32.0 Å². The molecule has 48 heavy (non-hydrogen) atoms. The number of carboxylic acid groups (broad SMARTS) is 1. The highest BCUT2D eigenvalue weighted by atomic mass is 16.5. The molecule has 15 heteroatoms. The number of nitrogens with one attached hydrogen (secondary N) is 5. The average Bonchev–Trinajstić information content (AvgIpc) is 3.07. The lowest BCUT2D eigenvalue weighted by Gasteiger charge is -2.34. The third kappa shape index (κ3) is 11.6. The minimum Gasteiger partial charge on any atom is -0.478 e. The molecule has 258 valence electrons. The first-order valence-corrected chi connectivity index (χ1v) is 15.7. The normalized spacial score (nSPS) is 13.6. The predicted octanol–water partition coefficient (Wildman–Crippen LogP) is 1.02. The number of imide groups is 2. The Balaban J connectivity index is 1.16. The second-order valence-electron chi connectivity index (χ2n) is 10.9. The van der Waals surface area contributed by atoms with Gasteiger partial charge in [0, 0.05) is 38.0 Å². The Morgan fingerprint density at radius 1 is 0.646 bits per heavy atom. The Morgan fingerprint density at radius 3 is 1.77 bits per heavy atom. The van der Waals surface area contributed by atoms with E-state index >= 15 is 0 Å². The largest absolute Gasteiger partial charge is 0.478 e. The molecule has 1 saturated heterocycles. The first kappa shape index (κ1) is 37.3. The molecular formula is C33H41N5O10. The Morgan fingerprint density at radius 2 is 1.19 bits per heavy atom. The minimum atomic E-state index is -1.53. The summed E-state index contributed by atoms with van der Waals surface area (Å²) in [4.78, 5) is 84.3. The monoisotopic (exact) mass is 667 g/mol. The van der Waals surface area contributed by atoms with Crippen molar-refractivity contribution < 1.29 is 48.1 Å². The van der Waals surface area contributed by atoms with E-state index < -0.39 is 29.2 Å². The maximum atomic E-state index is 12.8. The summed E-state index contributed by atoms with van der Waals surface area (Å²) in [5.74, 6) is -3.16. The average molecular weight is 668 g/mol. The molecule has 2 aromatic rings. The lowest BCUT2D eigenvalue weighted by atomic mass is 9.73. The van der Waals surface area contributed by atoms with E-state index in [-0.39, 0.29) is 62.3 Å². The van der Waals surface area contributed by atoms with Crippen molar-refractivity contribution in [1.29, 1.82) is 0 Å². The fourth-order valence-electron chi connectivity index (χ4n) is 4.93. The molecule has 0 atom stereocenters. The van der Waals surface area contributed by atoms with Crippen LogP contribution in [0.15, 0.2) is 54.6 Å². The first-order valence-electron chi connectivity index (χ1n) is 15.7. The number of amides is 7. The summed E-state index contributed by atoms with van der Waals surface area (Å²) >= 11 is 0. The summed E-state index contributed by atoms with van der Waals surface area (Å²) in [5.41, 5.74) is -0.602. The maximum Gasteiger partial charge on any atom is 0.335 e. The fraction of sp³-hybridized carbons (Fsp3) is 0.424. The van der Waals surface area contributed by atoms with Crippen molar-refractivity contribution in [3.63, 3.8) is 0 Å². The van der Waals surface area contributed by atoms with Crippen LogP contribution in [-0.4, -0.2) is 92.7 Å². The summed E-state index contributed by atoms with van der Waals surface area (Å²) in [5, 5.41) is 21.4. The van der Waals surface area contributed by atoms with E-state index in [1.54, 1.807) is 30.3 Å². The quantitative estimate of drug-likeness (QED) is 0.0820. The SMILES string of the molecule is O=C(CCCC(=O)NCCOCCOCCNC(=O)c1ccc(C(=O)O)cc1)NCCCCC1(c2ccccc2)C(=O)NC(=O)NC1=O. The molecule has 0 saturated carbocycles. The zero-order valence-electron chi connectivity index (χ0n) is 26.5. The third-order valence-electron chi connectivity index (χ3n) is 7.47. The van der Waals surface area contributed by atoms with Gasteiger partial charge in [0.15, 0.2) is 5.41 Å². The van der Waals surface area contributed by atoms with Gasteiger partial charge in [-0.3, -0.25) is 34.6 Å². The van der Waals surface area contributed by atoms with E-state index in [2.05, 4.69) is 26.6 Å². The number of hydrogen-bond donors (Lipinski definition) is 6. The van der Waals surface area contributed by atoms with Crippen LogP contribution in [0.25, 0.3) is 0 Å². The number of carboxylic acids is 1. The van der Waals surface area contributed by atoms with Crippen molar-refractivity contribution in [2.24, 2.45) is 0 Å². The van der Waals surface area contributed by atoms with E-state index in [1.807, 2.05) is 0 Å². The second kappa shape index (κ2) is 19.5. The molecule has 1 fully saturated rings. The number of rotatable bonds is 21. The van der Waals surface area contributed by atoms with Crippen molar-refractivity contribution in [2.75, 3.05) is 46.1 Å². The number of carbonyl (C=O) groups is 7. The lowest BCUT2D eigenvalue weighted by Crippen LogP contribution is -2.64. The van der Waals surface area contributed by atoms with Gasteiger partial charge in [-0.25, -0.2) is 9.59 Å². The van der Waals surface area contributed by atoms with E-state index in [4.69, 9.17) is 14.6 Å². The Bertz CT molecular complexity index is 1410. The number of hydrogen-bond acceptors (Lipinski definition) is 9. The lowest BCUT2D eigenvalue weighted by molar-refractivity contribution is -0.139. The van der Waals surface area contributed by atoms with E-state index in [9.17, 15) is 33.6 Å². The van der Waals surface area contributed by atoms with Crippen LogP contribution in [0.3, 0.4) is 0 Å². The topological polar surface area (TPSA) is 218 Å². The van der Waals surface area contributed by atoms with Crippen LogP contribution in [0.5, 0.6) is 0 Å². The molecule has 1 heterocycles. The highest BCUT2D eigenvalue weighted by Gasteiger charge is 2.51. The standard InChI is InChI=1S/C33H41N5O10/c39-26(34-16-5-4-15-33(25-7-2-1-3-8-25)30(44)37-32(46)38-31(33)45)9-6-10-27(40)35-17-19-47-21-22-48-20-18-36-28(41)23-11-13-24(14-12-23)29(42)43/h1-3,7-8,11-14H,4-6,9-10,15-22H2,(H,34,39)(H,35,40)(H,36,41)(H,42,43)(H2,37,38,44,45,46). The van der Waals surface area contributed by atoms with Gasteiger partial charge < -0.3 is 30.5 Å². The van der Waals surface area contributed by atoms with E-state index in [0.29, 0.717) is 56.7 Å². The summed E-state index contributed by atoms with van der Waals surface area (Å²) in [6.45, 7) is 2.05. The van der Waals surface area contributed by atoms with Crippen molar-refractivity contribution in [2.45, 2.75) is 43.9 Å². The van der Waals surface area contributed by atoms with Gasteiger partial charge in [-0.05, 0) is 55.5 Å². The summed E-state index contributed by atoms with van der Waals surface area (Å²) in [7, 11) is 0. The predicted molar refractivity (Wildman–Crippen MR) is 171 cm³/mol. The minimum absolute atomic E-state index is 0.0996. The van der Waals surface area contributed by atoms with Crippen LogP contribution in [0.4, 0.5) is 4.79 Å². The zero-order chi connectivity index (χ0) is 34.8. The van der Waals surface area contributed by atoms with E-state index in [0.717, 1.165) is 0 Å².